The minimum Gasteiger partial charge on any atom is -0.497 e. The smallest absolute Gasteiger partial charge is 0.235 e. The maximum absolute atomic E-state index is 12.2. The first-order valence-corrected chi connectivity index (χ1v) is 27.5. The quantitative estimate of drug-likeness (QED) is 0.200. The molecular formula is C42H63N3O6S7. The standard InChI is InChI=1S/C13H19NO3S2.C12H15NO3S2.C12H17N.C5H12.S3/c1-3-8-19(15,16)14-6-7-18-13-5-4-12(17-2)9-11(13)10-14;1-3-18(14,15)13-6-7-17-12-5-4-11(16-2)8-10(12)9-13;1-2-4-11(5-3-1)10-12-6-8-13-9-7-12;1-3-5-4-2;1-3-2/h4-5,9H,3,6-8,10H2,1-2H3;3-5,8H,1,6-7,9H2,2H3;1-5,12-13H,6-10H2;3-5H2,1-2H3;. The molecular weight excluding hydrogens is 867 g/mol. The molecule has 0 aliphatic carbocycles. The second-order valence-corrected chi connectivity index (χ2v) is 21.7. The fourth-order valence-electron chi connectivity index (χ4n) is 6.28. The molecule has 0 bridgehead atoms. The molecule has 0 radical (unpaired) electrons. The summed E-state index contributed by atoms with van der Waals surface area (Å²) in [5.41, 5.74) is 3.50. The molecule has 3 aromatic rings. The van der Waals surface area contributed by atoms with Crippen LogP contribution in [0.2, 0.25) is 0 Å². The van der Waals surface area contributed by atoms with Gasteiger partial charge in [-0.1, -0.05) is 76.9 Å². The van der Waals surface area contributed by atoms with E-state index in [0.717, 1.165) is 64.1 Å². The van der Waals surface area contributed by atoms with Crippen molar-refractivity contribution in [3.63, 3.8) is 0 Å². The minimum atomic E-state index is -3.36. The van der Waals surface area contributed by atoms with Crippen molar-refractivity contribution in [2.24, 2.45) is 5.92 Å². The lowest BCUT2D eigenvalue weighted by Crippen LogP contribution is -2.33. The van der Waals surface area contributed by atoms with Crippen LogP contribution in [0.25, 0.3) is 0 Å². The third-order valence-electron chi connectivity index (χ3n) is 9.38. The average molecular weight is 930 g/mol. The molecule has 3 aliphatic heterocycles. The Labute approximate surface area is 371 Å². The number of methoxy groups -OCH3 is 2. The van der Waals surface area contributed by atoms with E-state index < -0.39 is 20.0 Å². The predicted octanol–water partition coefficient (Wildman–Crippen LogP) is 8.84. The van der Waals surface area contributed by atoms with Crippen LogP contribution in [0.4, 0.5) is 0 Å². The van der Waals surface area contributed by atoms with Crippen LogP contribution in [0.15, 0.2) is 88.5 Å². The molecule has 3 heterocycles. The first-order chi connectivity index (χ1) is 27.9. The molecule has 324 valence electrons. The Morgan fingerprint density at radius 3 is 1.74 bits per heavy atom. The number of nitrogens with zero attached hydrogens (tertiary/aromatic N) is 2. The fourth-order valence-corrected chi connectivity index (χ4v) is 10.9. The highest BCUT2D eigenvalue weighted by Gasteiger charge is 2.25. The highest BCUT2D eigenvalue weighted by molar-refractivity contribution is 8.37. The molecule has 0 spiro atoms. The fraction of sp³-hybridized carbons (Fsp3) is 0.524. The monoisotopic (exact) mass is 929 g/mol. The van der Waals surface area contributed by atoms with Gasteiger partial charge in [-0.3, -0.25) is 0 Å². The molecule has 9 nitrogen and oxygen atoms in total. The van der Waals surface area contributed by atoms with E-state index in [2.05, 4.69) is 78.5 Å². The van der Waals surface area contributed by atoms with Gasteiger partial charge in [-0.25, -0.2) is 16.8 Å². The van der Waals surface area contributed by atoms with Crippen LogP contribution in [-0.4, -0.2) is 83.1 Å². The molecule has 0 unspecified atom stereocenters. The Balaban J connectivity index is 0.000000277. The van der Waals surface area contributed by atoms with Crippen LogP contribution in [0.5, 0.6) is 11.5 Å². The summed E-state index contributed by atoms with van der Waals surface area (Å²) < 4.78 is 61.5. The summed E-state index contributed by atoms with van der Waals surface area (Å²) in [5, 5.41) is 4.40. The van der Waals surface area contributed by atoms with Crippen molar-refractivity contribution >= 4 is 74.8 Å². The van der Waals surface area contributed by atoms with E-state index in [1.165, 1.54) is 61.5 Å². The Morgan fingerprint density at radius 1 is 0.793 bits per heavy atom. The van der Waals surface area contributed by atoms with Crippen LogP contribution < -0.4 is 14.8 Å². The topological polar surface area (TPSA) is 105 Å². The Morgan fingerprint density at radius 2 is 1.29 bits per heavy atom. The lowest BCUT2D eigenvalue weighted by atomic mass is 9.91. The Bertz CT molecular complexity index is 1890. The molecule has 0 aromatic heterocycles. The first-order valence-electron chi connectivity index (χ1n) is 19.8. The number of hydrogen-bond acceptors (Lipinski definition) is 11. The van der Waals surface area contributed by atoms with Crippen molar-refractivity contribution in [3.8, 4) is 11.5 Å². The van der Waals surface area contributed by atoms with Gasteiger partial charge in [0.1, 0.15) is 11.5 Å². The van der Waals surface area contributed by atoms with Gasteiger partial charge in [0.05, 0.1) is 20.0 Å². The molecule has 6 rings (SSSR count). The lowest BCUT2D eigenvalue weighted by Gasteiger charge is -2.22. The number of ether oxygens (including phenoxy) is 2. The van der Waals surface area contributed by atoms with E-state index in [1.54, 1.807) is 42.0 Å². The minimum absolute atomic E-state index is 0.219. The van der Waals surface area contributed by atoms with E-state index in [1.807, 2.05) is 43.3 Å². The van der Waals surface area contributed by atoms with Gasteiger partial charge in [0.2, 0.25) is 20.0 Å². The van der Waals surface area contributed by atoms with E-state index in [0.29, 0.717) is 32.6 Å². The summed E-state index contributed by atoms with van der Waals surface area (Å²) in [4.78, 5) is 2.26. The SMILES string of the molecule is C=CS(=O)(=O)N1CCSc2ccc(OC)cc2C1.CCCCC.CCCS(=O)(=O)N1CCSc2ccc(OC)cc2C1.S=S=S.c1ccc(CC2CCNCC2)cc1. The molecule has 1 N–H and O–H groups in total. The number of piperidine rings is 1. The maximum atomic E-state index is 12.2. The molecule has 0 amide bonds. The summed E-state index contributed by atoms with van der Waals surface area (Å²) >= 11 is 11.6. The second-order valence-electron chi connectivity index (χ2n) is 13.6. The van der Waals surface area contributed by atoms with Crippen LogP contribution >= 0.6 is 23.5 Å². The summed E-state index contributed by atoms with van der Waals surface area (Å²) in [6.07, 6.45) is 8.68. The summed E-state index contributed by atoms with van der Waals surface area (Å²) in [6.45, 7) is 14.0. The molecule has 16 heteroatoms. The van der Waals surface area contributed by atoms with Crippen LogP contribution in [0.1, 0.15) is 76.0 Å². The van der Waals surface area contributed by atoms with Gasteiger partial charge in [-0.05, 0) is 97.8 Å². The molecule has 3 aromatic carbocycles. The van der Waals surface area contributed by atoms with Gasteiger partial charge >= 0.3 is 0 Å². The number of thioether (sulfide) groups is 2. The Hall–Kier alpha value is -1.86. The molecule has 58 heavy (non-hydrogen) atoms. The van der Waals surface area contributed by atoms with Crippen LogP contribution in [0.3, 0.4) is 0 Å². The zero-order chi connectivity index (χ0) is 42.8. The summed E-state index contributed by atoms with van der Waals surface area (Å²) in [5.74, 6) is 4.18. The number of benzene rings is 3. The number of rotatable bonds is 11. The summed E-state index contributed by atoms with van der Waals surface area (Å²) in [6, 6.07) is 22.5. The maximum Gasteiger partial charge on any atom is 0.235 e. The van der Waals surface area contributed by atoms with Gasteiger partial charge in [0, 0.05) is 84.1 Å². The highest BCUT2D eigenvalue weighted by Crippen LogP contribution is 2.32. The van der Waals surface area contributed by atoms with Gasteiger partial charge in [-0.15, -0.1) is 23.5 Å². The number of hydrogen-bond donors (Lipinski definition) is 1. The predicted molar refractivity (Wildman–Crippen MR) is 254 cm³/mol. The second kappa shape index (κ2) is 29.4. The zero-order valence-corrected chi connectivity index (χ0v) is 40.4. The van der Waals surface area contributed by atoms with Gasteiger partial charge < -0.3 is 14.8 Å². The Kier molecular flexibility index (Phi) is 26.5. The van der Waals surface area contributed by atoms with Crippen molar-refractivity contribution in [2.45, 2.75) is 88.6 Å². The number of unbranched alkanes of at least 4 members (excludes halogenated alkanes) is 2. The van der Waals surface area contributed by atoms with E-state index >= 15 is 0 Å². The van der Waals surface area contributed by atoms with Crippen molar-refractivity contribution < 1.29 is 26.3 Å². The zero-order valence-electron chi connectivity index (χ0n) is 34.7. The van der Waals surface area contributed by atoms with Gasteiger partial charge in [0.25, 0.3) is 0 Å². The van der Waals surface area contributed by atoms with E-state index in [9.17, 15) is 16.8 Å². The van der Waals surface area contributed by atoms with Crippen LogP contribution in [0, 0.1) is 5.92 Å². The van der Waals surface area contributed by atoms with Crippen LogP contribution in [-0.2, 0) is 70.8 Å². The van der Waals surface area contributed by atoms with Crippen molar-refractivity contribution in [1.29, 1.82) is 0 Å². The van der Waals surface area contributed by atoms with Gasteiger partial charge in [-0.2, -0.15) is 8.61 Å². The van der Waals surface area contributed by atoms with Gasteiger partial charge in [0.15, 0.2) is 0 Å². The lowest BCUT2D eigenvalue weighted by molar-refractivity contribution is 0.372. The van der Waals surface area contributed by atoms with Crippen molar-refractivity contribution in [1.82, 2.24) is 13.9 Å². The normalized spacial score (nSPS) is 15.8. The third-order valence-corrected chi connectivity index (χ3v) is 15.1. The molecule has 1 fully saturated rings. The third kappa shape index (κ3) is 19.2. The average Bonchev–Trinajstić information content (AvgIpc) is 3.60. The number of nitrogens with one attached hydrogen (secondary N) is 1. The molecule has 0 saturated carbocycles. The molecule has 1 saturated heterocycles. The summed E-state index contributed by atoms with van der Waals surface area (Å²) in [7, 11) is -2.36. The number of fused-ring (bicyclic) bond motifs is 2. The van der Waals surface area contributed by atoms with Crippen molar-refractivity contribution in [3.05, 3.63) is 95.4 Å². The number of sulfonamides is 2. The van der Waals surface area contributed by atoms with Crippen molar-refractivity contribution in [2.75, 3.05) is 57.7 Å². The van der Waals surface area contributed by atoms with E-state index in [4.69, 9.17) is 9.47 Å². The largest absolute Gasteiger partial charge is 0.497 e. The first kappa shape index (κ1) is 52.3. The van der Waals surface area contributed by atoms with E-state index in [-0.39, 0.29) is 5.75 Å². The highest BCUT2D eigenvalue weighted by atomic mass is 33.1. The molecule has 3 aliphatic rings. The molecule has 0 atom stereocenters.